The monoisotopic (exact) mass is 455 g/mol. The van der Waals surface area contributed by atoms with E-state index in [2.05, 4.69) is 22.3 Å². The average Bonchev–Trinajstić information content (AvgIpc) is 2.75. The van der Waals surface area contributed by atoms with Crippen LogP contribution in [0.25, 0.3) is 0 Å². The summed E-state index contributed by atoms with van der Waals surface area (Å²) in [7, 11) is 1.31. The van der Waals surface area contributed by atoms with E-state index < -0.39 is 17.9 Å². The Morgan fingerprint density at radius 3 is 1.91 bits per heavy atom. The quantitative estimate of drug-likeness (QED) is 0.192. The minimum atomic E-state index is -0.999. The van der Waals surface area contributed by atoms with Crippen LogP contribution in [-0.4, -0.2) is 43.4 Å². The molecule has 0 heterocycles. The summed E-state index contributed by atoms with van der Waals surface area (Å²) in [5, 5.41) is 5.26. The Labute approximate surface area is 193 Å². The van der Waals surface area contributed by atoms with Crippen LogP contribution in [0.4, 0.5) is 0 Å². The highest BCUT2D eigenvalue weighted by atomic mass is 16.5. The third-order valence-corrected chi connectivity index (χ3v) is 5.54. The number of hydrogen-bond acceptors (Lipinski definition) is 5. The van der Waals surface area contributed by atoms with Crippen LogP contribution >= 0.6 is 0 Å². The molecule has 0 aromatic rings. The predicted molar refractivity (Wildman–Crippen MR) is 126 cm³/mol. The molecule has 0 radical (unpaired) electrons. The standard InChI is InChI=1S/C24H45N3O5/c1-4-5-6-7-8-9-10-11-12-13-14-15-22(29)27-20(18-21(25)28)23(30)26-17-16-19(2)24(31)32-3/h19-20H,4-18H2,1-3H3,(H2,25,28)(H,26,30)(H,27,29)/t19-,20+/m0/s1. The zero-order chi connectivity index (χ0) is 24.2. The molecule has 8 nitrogen and oxygen atoms in total. The van der Waals surface area contributed by atoms with Gasteiger partial charge in [-0.2, -0.15) is 0 Å². The third kappa shape index (κ3) is 16.6. The molecule has 3 amide bonds. The maximum atomic E-state index is 12.3. The van der Waals surface area contributed by atoms with Crippen molar-refractivity contribution in [2.45, 2.75) is 110 Å². The molecule has 186 valence electrons. The number of methoxy groups -OCH3 is 1. The van der Waals surface area contributed by atoms with E-state index in [4.69, 9.17) is 5.73 Å². The number of amides is 3. The fraction of sp³-hybridized carbons (Fsp3) is 0.833. The Balaban J connectivity index is 4.06. The Kier molecular flexibility index (Phi) is 18.3. The van der Waals surface area contributed by atoms with E-state index in [0.29, 0.717) is 12.8 Å². The molecule has 0 aliphatic heterocycles. The minimum Gasteiger partial charge on any atom is -0.469 e. The Hall–Kier alpha value is -2.12. The number of rotatable bonds is 20. The second kappa shape index (κ2) is 19.6. The second-order valence-corrected chi connectivity index (χ2v) is 8.58. The molecule has 0 fully saturated rings. The molecule has 0 aliphatic rings. The molecule has 0 aromatic carbocycles. The molecule has 0 aliphatic carbocycles. The molecule has 2 atom stereocenters. The highest BCUT2D eigenvalue weighted by molar-refractivity contribution is 5.91. The third-order valence-electron chi connectivity index (χ3n) is 5.54. The van der Waals surface area contributed by atoms with Crippen molar-refractivity contribution in [2.24, 2.45) is 11.7 Å². The molecule has 0 aromatic heterocycles. The highest BCUT2D eigenvalue weighted by Gasteiger charge is 2.23. The topological polar surface area (TPSA) is 128 Å². The van der Waals surface area contributed by atoms with E-state index in [1.54, 1.807) is 6.92 Å². The van der Waals surface area contributed by atoms with Gasteiger partial charge in [-0.05, 0) is 12.8 Å². The molecule has 0 rings (SSSR count). The summed E-state index contributed by atoms with van der Waals surface area (Å²) in [6.45, 7) is 4.16. The minimum absolute atomic E-state index is 0.235. The largest absolute Gasteiger partial charge is 0.469 e. The van der Waals surface area contributed by atoms with Gasteiger partial charge in [-0.3, -0.25) is 19.2 Å². The van der Waals surface area contributed by atoms with Crippen LogP contribution in [0, 0.1) is 5.92 Å². The fourth-order valence-corrected chi connectivity index (χ4v) is 3.48. The summed E-state index contributed by atoms with van der Waals surface area (Å²) in [5.74, 6) is -2.11. The summed E-state index contributed by atoms with van der Waals surface area (Å²) in [6, 6.07) is -0.999. The van der Waals surface area contributed by atoms with E-state index in [1.165, 1.54) is 58.5 Å². The Bertz CT molecular complexity index is 554. The smallest absolute Gasteiger partial charge is 0.308 e. The van der Waals surface area contributed by atoms with Crippen molar-refractivity contribution in [3.63, 3.8) is 0 Å². The molecular weight excluding hydrogens is 410 g/mol. The number of ether oxygens (including phenoxy) is 1. The number of hydrogen-bond donors (Lipinski definition) is 3. The normalized spacial score (nSPS) is 12.6. The fourth-order valence-electron chi connectivity index (χ4n) is 3.48. The van der Waals surface area contributed by atoms with Crippen molar-refractivity contribution in [1.29, 1.82) is 0 Å². The number of carbonyl (C=O) groups is 4. The van der Waals surface area contributed by atoms with Crippen LogP contribution in [-0.2, 0) is 23.9 Å². The van der Waals surface area contributed by atoms with Gasteiger partial charge in [-0.1, -0.05) is 78.1 Å². The molecule has 32 heavy (non-hydrogen) atoms. The first-order valence-electron chi connectivity index (χ1n) is 12.2. The van der Waals surface area contributed by atoms with E-state index in [0.717, 1.165) is 19.3 Å². The van der Waals surface area contributed by atoms with Crippen LogP contribution in [0.15, 0.2) is 0 Å². The molecule has 4 N–H and O–H groups in total. The first kappa shape index (κ1) is 29.9. The van der Waals surface area contributed by atoms with Crippen molar-refractivity contribution in [3.05, 3.63) is 0 Å². The van der Waals surface area contributed by atoms with Crippen molar-refractivity contribution >= 4 is 23.7 Å². The van der Waals surface area contributed by atoms with Gasteiger partial charge in [0.05, 0.1) is 19.4 Å². The van der Waals surface area contributed by atoms with Crippen LogP contribution in [0.1, 0.15) is 104 Å². The van der Waals surface area contributed by atoms with Gasteiger partial charge in [0.1, 0.15) is 6.04 Å². The van der Waals surface area contributed by atoms with E-state index in [-0.39, 0.29) is 30.8 Å². The zero-order valence-electron chi connectivity index (χ0n) is 20.4. The van der Waals surface area contributed by atoms with Gasteiger partial charge in [0.25, 0.3) is 0 Å². The number of carbonyl (C=O) groups excluding carboxylic acids is 4. The molecule has 0 bridgehead atoms. The lowest BCUT2D eigenvalue weighted by molar-refractivity contribution is -0.145. The van der Waals surface area contributed by atoms with Crippen LogP contribution < -0.4 is 16.4 Å². The summed E-state index contributed by atoms with van der Waals surface area (Å²) in [4.78, 5) is 47.3. The van der Waals surface area contributed by atoms with E-state index >= 15 is 0 Å². The number of primary amides is 1. The number of nitrogens with one attached hydrogen (secondary N) is 2. The lowest BCUT2D eigenvalue weighted by Crippen LogP contribution is -2.49. The predicted octanol–water partition coefficient (Wildman–Crippen LogP) is 3.36. The maximum absolute atomic E-state index is 12.3. The number of unbranched alkanes of at least 4 members (excludes halogenated alkanes) is 10. The van der Waals surface area contributed by atoms with Gasteiger partial charge in [0.15, 0.2) is 0 Å². The van der Waals surface area contributed by atoms with Crippen LogP contribution in [0.3, 0.4) is 0 Å². The van der Waals surface area contributed by atoms with Gasteiger partial charge in [-0.25, -0.2) is 0 Å². The lowest BCUT2D eigenvalue weighted by atomic mass is 10.0. The summed E-state index contributed by atoms with van der Waals surface area (Å²) in [6.07, 6.45) is 13.6. The summed E-state index contributed by atoms with van der Waals surface area (Å²) < 4.78 is 4.64. The first-order chi connectivity index (χ1) is 15.3. The van der Waals surface area contributed by atoms with Crippen molar-refractivity contribution in [3.8, 4) is 0 Å². The molecule has 0 unspecified atom stereocenters. The van der Waals surface area contributed by atoms with Crippen molar-refractivity contribution in [2.75, 3.05) is 13.7 Å². The summed E-state index contributed by atoms with van der Waals surface area (Å²) >= 11 is 0. The molecule has 0 saturated heterocycles. The molecule has 8 heteroatoms. The lowest BCUT2D eigenvalue weighted by Gasteiger charge is -2.18. The van der Waals surface area contributed by atoms with Crippen LogP contribution in [0.2, 0.25) is 0 Å². The van der Waals surface area contributed by atoms with Gasteiger partial charge in [0, 0.05) is 13.0 Å². The summed E-state index contributed by atoms with van der Waals surface area (Å²) in [5.41, 5.74) is 5.22. The number of nitrogens with two attached hydrogens (primary N) is 1. The molecular formula is C24H45N3O5. The van der Waals surface area contributed by atoms with Gasteiger partial charge in [-0.15, -0.1) is 0 Å². The average molecular weight is 456 g/mol. The van der Waals surface area contributed by atoms with Crippen molar-refractivity contribution < 1.29 is 23.9 Å². The Morgan fingerprint density at radius 2 is 1.41 bits per heavy atom. The van der Waals surface area contributed by atoms with E-state index in [1.807, 2.05) is 0 Å². The van der Waals surface area contributed by atoms with E-state index in [9.17, 15) is 19.2 Å². The zero-order valence-corrected chi connectivity index (χ0v) is 20.4. The van der Waals surface area contributed by atoms with Crippen molar-refractivity contribution in [1.82, 2.24) is 10.6 Å². The maximum Gasteiger partial charge on any atom is 0.308 e. The van der Waals surface area contributed by atoms with Gasteiger partial charge >= 0.3 is 5.97 Å². The van der Waals surface area contributed by atoms with Gasteiger partial charge in [0.2, 0.25) is 17.7 Å². The highest BCUT2D eigenvalue weighted by Crippen LogP contribution is 2.12. The number of esters is 1. The SMILES string of the molecule is CCCCCCCCCCCCCC(=O)N[C@H](CC(N)=O)C(=O)NCC[C@H](C)C(=O)OC. The molecule has 0 spiro atoms. The van der Waals surface area contributed by atoms with Crippen LogP contribution in [0.5, 0.6) is 0 Å². The van der Waals surface area contributed by atoms with Gasteiger partial charge < -0.3 is 21.1 Å². The molecule has 0 saturated carbocycles. The first-order valence-corrected chi connectivity index (χ1v) is 12.2. The second-order valence-electron chi connectivity index (χ2n) is 8.58. The Morgan fingerprint density at radius 1 is 0.875 bits per heavy atom.